The van der Waals surface area contributed by atoms with Gasteiger partial charge in [0.1, 0.15) is 5.82 Å². The van der Waals surface area contributed by atoms with Crippen LogP contribution < -0.4 is 4.74 Å². The Bertz CT molecular complexity index is 679. The summed E-state index contributed by atoms with van der Waals surface area (Å²) in [6.07, 6.45) is 0. The lowest BCUT2D eigenvalue weighted by Crippen LogP contribution is -2.31. The summed E-state index contributed by atoms with van der Waals surface area (Å²) in [4.78, 5) is 13.3. The van der Waals surface area contributed by atoms with Gasteiger partial charge in [0.15, 0.2) is 18.2 Å². The maximum atomic E-state index is 13.7. The van der Waals surface area contributed by atoms with E-state index in [0.29, 0.717) is 5.56 Å². The number of carbonyl (C=O) groups is 1. The highest BCUT2D eigenvalue weighted by Gasteiger charge is 2.13. The highest BCUT2D eigenvalue weighted by Crippen LogP contribution is 2.18. The maximum Gasteiger partial charge on any atom is 0.260 e. The van der Waals surface area contributed by atoms with E-state index in [2.05, 4.69) is 15.9 Å². The van der Waals surface area contributed by atoms with E-state index in [1.807, 2.05) is 0 Å². The highest BCUT2D eigenvalue weighted by molar-refractivity contribution is 9.10. The first-order valence-corrected chi connectivity index (χ1v) is 7.32. The molecule has 0 aliphatic rings. The number of hydrogen-bond acceptors (Lipinski definition) is 2. The Hall–Kier alpha value is -1.95. The van der Waals surface area contributed by atoms with E-state index in [9.17, 15) is 13.6 Å². The second kappa shape index (κ2) is 7.35. The summed E-state index contributed by atoms with van der Waals surface area (Å²) in [5.74, 6) is -1.28. The normalized spacial score (nSPS) is 10.4. The zero-order chi connectivity index (χ0) is 16.1. The second-order valence-corrected chi connectivity index (χ2v) is 5.62. The molecular weight excluding hydrogens is 356 g/mol. The van der Waals surface area contributed by atoms with Crippen molar-refractivity contribution in [2.45, 2.75) is 6.54 Å². The van der Waals surface area contributed by atoms with Gasteiger partial charge in [-0.3, -0.25) is 4.79 Å². The van der Waals surface area contributed by atoms with Crippen LogP contribution in [-0.4, -0.2) is 24.5 Å². The average Bonchev–Trinajstić information content (AvgIpc) is 2.49. The van der Waals surface area contributed by atoms with E-state index >= 15 is 0 Å². The lowest BCUT2D eigenvalue weighted by atomic mass is 10.2. The quantitative estimate of drug-likeness (QED) is 0.802. The van der Waals surface area contributed by atoms with Gasteiger partial charge in [0.2, 0.25) is 0 Å². The molecule has 22 heavy (non-hydrogen) atoms. The van der Waals surface area contributed by atoms with Crippen LogP contribution in [-0.2, 0) is 11.3 Å². The average molecular weight is 370 g/mol. The molecule has 0 bridgehead atoms. The fourth-order valence-electron chi connectivity index (χ4n) is 1.82. The Kier molecular flexibility index (Phi) is 5.49. The number of hydrogen-bond donors (Lipinski definition) is 0. The molecule has 2 aromatic rings. The fraction of sp³-hybridized carbons (Fsp3) is 0.188. The Morgan fingerprint density at radius 3 is 2.64 bits per heavy atom. The van der Waals surface area contributed by atoms with Gasteiger partial charge in [-0.1, -0.05) is 28.1 Å². The van der Waals surface area contributed by atoms with E-state index < -0.39 is 11.6 Å². The molecule has 0 aromatic heterocycles. The van der Waals surface area contributed by atoms with E-state index in [4.69, 9.17) is 4.74 Å². The molecule has 0 atom stereocenters. The van der Waals surface area contributed by atoms with Gasteiger partial charge in [0, 0.05) is 23.6 Å². The van der Waals surface area contributed by atoms with E-state index in [0.717, 1.165) is 4.47 Å². The third kappa shape index (κ3) is 4.27. The van der Waals surface area contributed by atoms with Gasteiger partial charge in [-0.2, -0.15) is 0 Å². The monoisotopic (exact) mass is 369 g/mol. The third-order valence-corrected chi connectivity index (χ3v) is 3.52. The lowest BCUT2D eigenvalue weighted by molar-refractivity contribution is -0.132. The molecule has 2 aromatic carbocycles. The first-order chi connectivity index (χ1) is 10.5. The van der Waals surface area contributed by atoms with Crippen LogP contribution in [0.15, 0.2) is 46.9 Å². The van der Waals surface area contributed by atoms with Crippen molar-refractivity contribution in [3.8, 4) is 5.75 Å². The molecule has 0 heterocycles. The van der Waals surface area contributed by atoms with Crippen LogP contribution in [0.4, 0.5) is 8.78 Å². The van der Waals surface area contributed by atoms with Crippen molar-refractivity contribution in [1.29, 1.82) is 0 Å². The third-order valence-electron chi connectivity index (χ3n) is 3.03. The van der Waals surface area contributed by atoms with Crippen LogP contribution in [0.3, 0.4) is 0 Å². The molecule has 2 rings (SSSR count). The first kappa shape index (κ1) is 16.4. The topological polar surface area (TPSA) is 29.5 Å². The summed E-state index contributed by atoms with van der Waals surface area (Å²) in [6, 6.07) is 10.4. The van der Waals surface area contributed by atoms with Gasteiger partial charge in [-0.25, -0.2) is 8.78 Å². The number of ether oxygens (including phenoxy) is 1. The second-order valence-electron chi connectivity index (χ2n) is 4.70. The zero-order valence-electron chi connectivity index (χ0n) is 11.9. The van der Waals surface area contributed by atoms with Gasteiger partial charge in [0.25, 0.3) is 5.91 Å². The molecule has 0 aliphatic carbocycles. The van der Waals surface area contributed by atoms with Gasteiger partial charge >= 0.3 is 0 Å². The highest BCUT2D eigenvalue weighted by atomic mass is 79.9. The number of halogens is 3. The summed E-state index contributed by atoms with van der Waals surface area (Å²) >= 11 is 3.26. The number of rotatable bonds is 5. The van der Waals surface area contributed by atoms with Crippen molar-refractivity contribution in [2.75, 3.05) is 13.7 Å². The Morgan fingerprint density at radius 2 is 1.91 bits per heavy atom. The molecule has 6 heteroatoms. The number of para-hydroxylation sites is 1. The number of carbonyl (C=O) groups excluding carboxylic acids is 1. The summed E-state index contributed by atoms with van der Waals surface area (Å²) < 4.78 is 32.9. The molecular formula is C16H14BrF2NO2. The minimum absolute atomic E-state index is 0.0119. The van der Waals surface area contributed by atoms with Crippen molar-refractivity contribution < 1.29 is 18.3 Å². The minimum Gasteiger partial charge on any atom is -0.481 e. The molecule has 0 spiro atoms. The summed E-state index contributed by atoms with van der Waals surface area (Å²) in [5.41, 5.74) is 0.385. The first-order valence-electron chi connectivity index (χ1n) is 6.52. The Labute approximate surface area is 135 Å². The van der Waals surface area contributed by atoms with Crippen molar-refractivity contribution in [3.05, 3.63) is 64.1 Å². The minimum atomic E-state index is -0.531. The maximum absolute atomic E-state index is 13.7. The molecule has 1 amide bonds. The predicted molar refractivity (Wildman–Crippen MR) is 82.5 cm³/mol. The molecule has 3 nitrogen and oxygen atoms in total. The van der Waals surface area contributed by atoms with Crippen LogP contribution >= 0.6 is 15.9 Å². The summed E-state index contributed by atoms with van der Waals surface area (Å²) in [7, 11) is 1.54. The molecule has 0 radical (unpaired) electrons. The van der Waals surface area contributed by atoms with E-state index in [1.54, 1.807) is 18.2 Å². The number of nitrogens with zero attached hydrogens (tertiary/aromatic N) is 1. The molecule has 0 saturated heterocycles. The standard InChI is InChI=1S/C16H14BrF2NO2/c1-20(9-11-8-12(17)6-7-13(11)18)16(21)10-22-15-5-3-2-4-14(15)19/h2-8H,9-10H2,1H3. The summed E-state index contributed by atoms with van der Waals surface area (Å²) in [6.45, 7) is -0.211. The lowest BCUT2D eigenvalue weighted by Gasteiger charge is -2.18. The Morgan fingerprint density at radius 1 is 1.18 bits per heavy atom. The van der Waals surface area contributed by atoms with E-state index in [-0.39, 0.29) is 24.8 Å². The van der Waals surface area contributed by atoms with Crippen molar-refractivity contribution >= 4 is 21.8 Å². The van der Waals surface area contributed by atoms with Crippen molar-refractivity contribution in [1.82, 2.24) is 4.90 Å². The van der Waals surface area contributed by atoms with Crippen LogP contribution in [0.2, 0.25) is 0 Å². The van der Waals surface area contributed by atoms with Crippen LogP contribution in [0.25, 0.3) is 0 Å². The van der Waals surface area contributed by atoms with E-state index in [1.165, 1.54) is 36.2 Å². The molecule has 0 unspecified atom stereocenters. The van der Waals surface area contributed by atoms with Gasteiger partial charge in [-0.05, 0) is 30.3 Å². The zero-order valence-corrected chi connectivity index (χ0v) is 13.4. The Balaban J connectivity index is 1.95. The smallest absolute Gasteiger partial charge is 0.260 e. The van der Waals surface area contributed by atoms with Crippen molar-refractivity contribution in [2.24, 2.45) is 0 Å². The largest absolute Gasteiger partial charge is 0.481 e. The number of likely N-dealkylation sites (N-methyl/N-ethyl adjacent to an activating group) is 1. The van der Waals surface area contributed by atoms with Crippen molar-refractivity contribution in [3.63, 3.8) is 0 Å². The molecule has 0 N–H and O–H groups in total. The van der Waals surface area contributed by atoms with Gasteiger partial charge in [-0.15, -0.1) is 0 Å². The SMILES string of the molecule is CN(Cc1cc(Br)ccc1F)C(=O)COc1ccccc1F. The van der Waals surface area contributed by atoms with Crippen LogP contribution in [0, 0.1) is 11.6 Å². The molecule has 0 fully saturated rings. The van der Waals surface area contributed by atoms with Crippen LogP contribution in [0.1, 0.15) is 5.56 Å². The van der Waals surface area contributed by atoms with Gasteiger partial charge < -0.3 is 9.64 Å². The number of benzene rings is 2. The van der Waals surface area contributed by atoms with Gasteiger partial charge in [0.05, 0.1) is 0 Å². The van der Waals surface area contributed by atoms with Crippen LogP contribution in [0.5, 0.6) is 5.75 Å². The molecule has 116 valence electrons. The fourth-order valence-corrected chi connectivity index (χ4v) is 2.23. The molecule has 0 saturated carbocycles. The molecule has 0 aliphatic heterocycles. The number of amides is 1. The predicted octanol–water partition coefficient (Wildman–Crippen LogP) is 3.76. The summed E-state index contributed by atoms with van der Waals surface area (Å²) in [5, 5.41) is 0.